The second kappa shape index (κ2) is 5.69. The lowest BCUT2D eigenvalue weighted by atomic mass is 9.61. The molecule has 1 amide bonds. The molecule has 1 saturated heterocycles. The van der Waals surface area contributed by atoms with Crippen LogP contribution in [-0.2, 0) is 4.79 Å². The first-order chi connectivity index (χ1) is 11.7. The predicted octanol–water partition coefficient (Wildman–Crippen LogP) is 2.73. The number of halogens is 1. The first-order valence-corrected chi connectivity index (χ1v) is 8.02. The maximum absolute atomic E-state index is 13.5. The summed E-state index contributed by atoms with van der Waals surface area (Å²) in [6.07, 6.45) is 2.32. The van der Waals surface area contributed by atoms with E-state index in [1.165, 1.54) is 25.3 Å². The van der Waals surface area contributed by atoms with Crippen molar-refractivity contribution in [1.29, 1.82) is 5.26 Å². The molecular weight excluding hydrogens is 323 g/mol. The average molecular weight is 342 g/mol. The summed E-state index contributed by atoms with van der Waals surface area (Å²) in [6.45, 7) is 4.54. The molecule has 0 N–H and O–H groups in total. The van der Waals surface area contributed by atoms with Crippen LogP contribution in [0.15, 0.2) is 29.8 Å². The van der Waals surface area contributed by atoms with Gasteiger partial charge in [-0.15, -0.1) is 0 Å². The van der Waals surface area contributed by atoms with Gasteiger partial charge in [0, 0.05) is 29.5 Å². The fourth-order valence-corrected chi connectivity index (χ4v) is 3.87. The fourth-order valence-electron chi connectivity index (χ4n) is 3.87. The highest BCUT2D eigenvalue weighted by atomic mass is 19.1. The minimum Gasteiger partial charge on any atom is -0.494 e. The zero-order chi connectivity index (χ0) is 18.4. The molecule has 1 aromatic carbocycles. The molecule has 1 aliphatic heterocycles. The number of amides is 1. The van der Waals surface area contributed by atoms with E-state index in [1.54, 1.807) is 11.0 Å². The molecule has 25 heavy (non-hydrogen) atoms. The van der Waals surface area contributed by atoms with Crippen molar-refractivity contribution in [3.05, 3.63) is 41.2 Å². The van der Waals surface area contributed by atoms with Gasteiger partial charge in [-0.05, 0) is 24.6 Å². The Morgan fingerprint density at radius 2 is 2.04 bits per heavy atom. The van der Waals surface area contributed by atoms with Gasteiger partial charge >= 0.3 is 0 Å². The molecule has 0 saturated carbocycles. The standard InChI is InChI=1S/C19H19FN2O3/c1-18(2)9-19(7-13(8-21)16(18)23)10-22(11-19)17(24)12-4-5-14(20)15(6-12)25-3/h4-7H,9-11H2,1-3H3. The van der Waals surface area contributed by atoms with Crippen molar-refractivity contribution in [2.45, 2.75) is 20.3 Å². The summed E-state index contributed by atoms with van der Waals surface area (Å²) in [5.41, 5.74) is -0.438. The van der Waals surface area contributed by atoms with Crippen molar-refractivity contribution in [2.24, 2.45) is 10.8 Å². The van der Waals surface area contributed by atoms with Crippen molar-refractivity contribution in [3.8, 4) is 11.8 Å². The SMILES string of the molecule is COc1cc(C(=O)N2CC3(C=C(C#N)C(=O)C(C)(C)C3)C2)ccc1F. The van der Waals surface area contributed by atoms with Crippen LogP contribution in [0.1, 0.15) is 30.6 Å². The average Bonchev–Trinajstić information content (AvgIpc) is 2.54. The van der Waals surface area contributed by atoms with Crippen LogP contribution in [0.2, 0.25) is 0 Å². The number of methoxy groups -OCH3 is 1. The molecule has 0 atom stereocenters. The minimum absolute atomic E-state index is 0.0251. The number of rotatable bonds is 2. The minimum atomic E-state index is -0.617. The van der Waals surface area contributed by atoms with Gasteiger partial charge in [0.2, 0.25) is 0 Å². The van der Waals surface area contributed by atoms with E-state index in [-0.39, 0.29) is 28.4 Å². The van der Waals surface area contributed by atoms with Crippen molar-refractivity contribution < 1.29 is 18.7 Å². The summed E-state index contributed by atoms with van der Waals surface area (Å²) in [5, 5.41) is 9.21. The molecule has 0 radical (unpaired) electrons. The molecule has 0 aromatic heterocycles. The molecule has 1 heterocycles. The third kappa shape index (κ3) is 2.80. The lowest BCUT2D eigenvalue weighted by Gasteiger charge is -2.53. The molecule has 1 spiro atoms. The van der Waals surface area contributed by atoms with Gasteiger partial charge in [-0.2, -0.15) is 5.26 Å². The van der Waals surface area contributed by atoms with E-state index in [2.05, 4.69) is 0 Å². The van der Waals surface area contributed by atoms with Gasteiger partial charge in [-0.1, -0.05) is 19.9 Å². The molecule has 0 unspecified atom stereocenters. The zero-order valence-electron chi connectivity index (χ0n) is 14.4. The number of benzene rings is 1. The van der Waals surface area contributed by atoms with Crippen LogP contribution in [0.4, 0.5) is 4.39 Å². The first-order valence-electron chi connectivity index (χ1n) is 8.02. The van der Waals surface area contributed by atoms with E-state index in [4.69, 9.17) is 4.74 Å². The Morgan fingerprint density at radius 1 is 1.36 bits per heavy atom. The Balaban J connectivity index is 1.80. The van der Waals surface area contributed by atoms with Crippen molar-refractivity contribution in [2.75, 3.05) is 20.2 Å². The number of ether oxygens (including phenoxy) is 1. The molecular formula is C19H19FN2O3. The zero-order valence-corrected chi connectivity index (χ0v) is 14.4. The largest absolute Gasteiger partial charge is 0.494 e. The Morgan fingerprint density at radius 3 is 2.64 bits per heavy atom. The summed E-state index contributed by atoms with van der Waals surface area (Å²) in [7, 11) is 1.35. The number of hydrogen-bond donors (Lipinski definition) is 0. The van der Waals surface area contributed by atoms with E-state index < -0.39 is 11.2 Å². The number of carbonyl (C=O) groups is 2. The summed E-state index contributed by atoms with van der Waals surface area (Å²) in [6, 6.07) is 5.99. The van der Waals surface area contributed by atoms with Crippen molar-refractivity contribution in [3.63, 3.8) is 0 Å². The van der Waals surface area contributed by atoms with Crippen LogP contribution >= 0.6 is 0 Å². The van der Waals surface area contributed by atoms with Gasteiger partial charge in [0.05, 0.1) is 12.7 Å². The summed E-state index contributed by atoms with van der Waals surface area (Å²) in [4.78, 5) is 26.5. The van der Waals surface area contributed by atoms with Crippen LogP contribution in [0, 0.1) is 28.0 Å². The maximum Gasteiger partial charge on any atom is 0.254 e. The highest BCUT2D eigenvalue weighted by Gasteiger charge is 2.52. The van der Waals surface area contributed by atoms with Crippen LogP contribution in [0.3, 0.4) is 0 Å². The first kappa shape index (κ1) is 17.2. The summed E-state index contributed by atoms with van der Waals surface area (Å²) in [5.74, 6) is -0.857. The number of likely N-dealkylation sites (tertiary alicyclic amines) is 1. The Kier molecular flexibility index (Phi) is 3.91. The third-order valence-electron chi connectivity index (χ3n) is 4.92. The lowest BCUT2D eigenvalue weighted by Crippen LogP contribution is -2.60. The maximum atomic E-state index is 13.5. The molecule has 1 fully saturated rings. The van der Waals surface area contributed by atoms with E-state index in [1.807, 2.05) is 19.9 Å². The van der Waals surface area contributed by atoms with Gasteiger partial charge in [-0.25, -0.2) is 4.39 Å². The number of hydrogen-bond acceptors (Lipinski definition) is 4. The Bertz CT molecular complexity index is 830. The molecule has 130 valence electrons. The highest BCUT2D eigenvalue weighted by Crippen LogP contribution is 2.48. The van der Waals surface area contributed by atoms with Gasteiger partial charge < -0.3 is 9.64 Å². The molecule has 3 rings (SSSR count). The van der Waals surface area contributed by atoms with Gasteiger partial charge in [0.25, 0.3) is 5.91 Å². The second-order valence-electron chi connectivity index (χ2n) is 7.43. The molecule has 1 aromatic rings. The number of Topliss-reactive ketones (excluding diaryl/α,β-unsaturated/α-hetero) is 1. The van der Waals surface area contributed by atoms with Crippen LogP contribution in [0.25, 0.3) is 0 Å². The topological polar surface area (TPSA) is 70.4 Å². The van der Waals surface area contributed by atoms with Crippen LogP contribution in [-0.4, -0.2) is 36.8 Å². The molecule has 6 heteroatoms. The number of ketones is 1. The monoisotopic (exact) mass is 342 g/mol. The van der Waals surface area contributed by atoms with Gasteiger partial charge in [0.1, 0.15) is 6.07 Å². The normalized spacial score (nSPS) is 20.5. The molecule has 5 nitrogen and oxygen atoms in total. The summed E-state index contributed by atoms with van der Waals surface area (Å²) < 4.78 is 18.4. The number of carbonyl (C=O) groups excluding carboxylic acids is 2. The molecule has 2 aliphatic rings. The van der Waals surface area contributed by atoms with E-state index in [9.17, 15) is 19.2 Å². The molecule has 1 aliphatic carbocycles. The highest BCUT2D eigenvalue weighted by molar-refractivity contribution is 6.04. The third-order valence-corrected chi connectivity index (χ3v) is 4.92. The number of allylic oxidation sites excluding steroid dienone is 1. The van der Waals surface area contributed by atoms with Gasteiger partial charge in [-0.3, -0.25) is 9.59 Å². The van der Waals surface area contributed by atoms with Crippen molar-refractivity contribution >= 4 is 11.7 Å². The summed E-state index contributed by atoms with van der Waals surface area (Å²) >= 11 is 0. The fraction of sp³-hybridized carbons (Fsp3) is 0.421. The lowest BCUT2D eigenvalue weighted by molar-refractivity contribution is -0.127. The van der Waals surface area contributed by atoms with Gasteiger partial charge in [0.15, 0.2) is 17.3 Å². The van der Waals surface area contributed by atoms with E-state index >= 15 is 0 Å². The smallest absolute Gasteiger partial charge is 0.254 e. The van der Waals surface area contributed by atoms with Crippen LogP contribution < -0.4 is 4.74 Å². The quantitative estimate of drug-likeness (QED) is 0.828. The molecule has 0 bridgehead atoms. The van der Waals surface area contributed by atoms with E-state index in [0.717, 1.165) is 0 Å². The van der Waals surface area contributed by atoms with E-state index in [0.29, 0.717) is 25.1 Å². The number of nitriles is 1. The van der Waals surface area contributed by atoms with Crippen LogP contribution in [0.5, 0.6) is 5.75 Å². The Hall–Kier alpha value is -2.68. The second-order valence-corrected chi connectivity index (χ2v) is 7.43. The predicted molar refractivity (Wildman–Crippen MR) is 88.4 cm³/mol. The number of nitrogens with zero attached hydrogens (tertiary/aromatic N) is 2. The Labute approximate surface area is 145 Å². The van der Waals surface area contributed by atoms with Crippen molar-refractivity contribution in [1.82, 2.24) is 4.90 Å².